The van der Waals surface area contributed by atoms with E-state index in [1.54, 1.807) is 0 Å². The summed E-state index contributed by atoms with van der Waals surface area (Å²) in [7, 11) is 0. The predicted octanol–water partition coefficient (Wildman–Crippen LogP) is 0.483. The van der Waals surface area contributed by atoms with Crippen molar-refractivity contribution >= 4 is 0 Å². The Hall–Kier alpha value is -0.160. The second kappa shape index (κ2) is 5.80. The van der Waals surface area contributed by atoms with E-state index in [0.717, 1.165) is 26.1 Å². The van der Waals surface area contributed by atoms with Gasteiger partial charge in [-0.05, 0) is 25.7 Å². The highest BCUT2D eigenvalue weighted by atomic mass is 16.5. The van der Waals surface area contributed by atoms with E-state index >= 15 is 0 Å². The number of ether oxygens (including phenoxy) is 1. The SMILES string of the molecule is NCC(NN1CCCCC1)C1CCCO1. The molecule has 0 aliphatic carbocycles. The normalized spacial score (nSPS) is 30.6. The quantitative estimate of drug-likeness (QED) is 0.713. The summed E-state index contributed by atoms with van der Waals surface area (Å²) in [4.78, 5) is 0. The van der Waals surface area contributed by atoms with Crippen LogP contribution in [0.25, 0.3) is 0 Å². The smallest absolute Gasteiger partial charge is 0.0754 e. The largest absolute Gasteiger partial charge is 0.376 e. The fraction of sp³-hybridized carbons (Fsp3) is 1.00. The van der Waals surface area contributed by atoms with Gasteiger partial charge in [0.05, 0.1) is 12.1 Å². The summed E-state index contributed by atoms with van der Waals surface area (Å²) in [6.07, 6.45) is 6.64. The maximum Gasteiger partial charge on any atom is 0.0754 e. The molecule has 2 atom stereocenters. The Balaban J connectivity index is 1.78. The molecule has 0 saturated carbocycles. The van der Waals surface area contributed by atoms with Crippen LogP contribution in [-0.4, -0.2) is 43.4 Å². The van der Waals surface area contributed by atoms with Gasteiger partial charge in [-0.25, -0.2) is 10.4 Å². The zero-order valence-electron chi connectivity index (χ0n) is 9.45. The van der Waals surface area contributed by atoms with Gasteiger partial charge in [-0.3, -0.25) is 0 Å². The van der Waals surface area contributed by atoms with Crippen LogP contribution < -0.4 is 11.2 Å². The van der Waals surface area contributed by atoms with Crippen LogP contribution in [0, 0.1) is 0 Å². The first-order valence-corrected chi connectivity index (χ1v) is 6.23. The topological polar surface area (TPSA) is 50.5 Å². The lowest BCUT2D eigenvalue weighted by Crippen LogP contribution is -2.54. The van der Waals surface area contributed by atoms with E-state index in [1.807, 2.05) is 0 Å². The zero-order chi connectivity index (χ0) is 10.5. The number of rotatable bonds is 4. The minimum atomic E-state index is 0.311. The predicted molar refractivity (Wildman–Crippen MR) is 60.4 cm³/mol. The molecule has 0 radical (unpaired) electrons. The standard InChI is InChI=1S/C11H23N3O/c12-9-10(11-5-4-8-15-11)13-14-6-2-1-3-7-14/h10-11,13H,1-9,12H2. The molecule has 0 aromatic carbocycles. The highest BCUT2D eigenvalue weighted by molar-refractivity contribution is 4.81. The number of hydrogen-bond donors (Lipinski definition) is 2. The van der Waals surface area contributed by atoms with Gasteiger partial charge in [-0.15, -0.1) is 0 Å². The molecular formula is C11H23N3O. The van der Waals surface area contributed by atoms with Gasteiger partial charge in [0.2, 0.25) is 0 Å². The molecule has 0 bridgehead atoms. The van der Waals surface area contributed by atoms with Crippen LogP contribution in [0.15, 0.2) is 0 Å². The Labute approximate surface area is 92.1 Å². The lowest BCUT2D eigenvalue weighted by molar-refractivity contribution is 0.0357. The lowest BCUT2D eigenvalue weighted by Gasteiger charge is -2.33. The van der Waals surface area contributed by atoms with Gasteiger partial charge >= 0.3 is 0 Å². The Morgan fingerprint density at radius 1 is 1.27 bits per heavy atom. The second-order valence-electron chi connectivity index (χ2n) is 4.57. The summed E-state index contributed by atoms with van der Waals surface area (Å²) in [5, 5.41) is 2.32. The molecule has 4 heteroatoms. The molecule has 2 fully saturated rings. The van der Waals surface area contributed by atoms with Gasteiger partial charge in [0.15, 0.2) is 0 Å². The van der Waals surface area contributed by atoms with Gasteiger partial charge in [0, 0.05) is 26.2 Å². The van der Waals surface area contributed by atoms with Crippen molar-refractivity contribution in [3.05, 3.63) is 0 Å². The minimum absolute atomic E-state index is 0.311. The average molecular weight is 213 g/mol. The van der Waals surface area contributed by atoms with Crippen molar-refractivity contribution in [2.45, 2.75) is 44.2 Å². The van der Waals surface area contributed by atoms with Crippen molar-refractivity contribution in [1.82, 2.24) is 10.4 Å². The Morgan fingerprint density at radius 2 is 2.07 bits per heavy atom. The van der Waals surface area contributed by atoms with Crippen molar-refractivity contribution in [2.75, 3.05) is 26.2 Å². The molecule has 0 spiro atoms. The molecule has 0 aromatic rings. The van der Waals surface area contributed by atoms with Crippen LogP contribution in [0.3, 0.4) is 0 Å². The van der Waals surface area contributed by atoms with Gasteiger partial charge in [-0.1, -0.05) is 6.42 Å². The van der Waals surface area contributed by atoms with E-state index in [0.29, 0.717) is 18.7 Å². The van der Waals surface area contributed by atoms with Crippen LogP contribution in [0.2, 0.25) is 0 Å². The number of piperidine rings is 1. The molecule has 3 N–H and O–H groups in total. The molecule has 0 amide bonds. The fourth-order valence-corrected chi connectivity index (χ4v) is 2.47. The summed E-state index contributed by atoms with van der Waals surface area (Å²) in [5.74, 6) is 0. The summed E-state index contributed by atoms with van der Waals surface area (Å²) < 4.78 is 5.68. The van der Waals surface area contributed by atoms with Gasteiger partial charge in [0.1, 0.15) is 0 Å². The van der Waals surface area contributed by atoms with Gasteiger partial charge in [0.25, 0.3) is 0 Å². The fourth-order valence-electron chi connectivity index (χ4n) is 2.47. The summed E-state index contributed by atoms with van der Waals surface area (Å²) in [5.41, 5.74) is 9.33. The third kappa shape index (κ3) is 3.14. The van der Waals surface area contributed by atoms with Crippen LogP contribution in [-0.2, 0) is 4.74 Å². The first-order valence-electron chi connectivity index (χ1n) is 6.23. The molecule has 2 rings (SSSR count). The molecular weight excluding hydrogens is 190 g/mol. The Bertz CT molecular complexity index is 177. The number of nitrogens with one attached hydrogen (secondary N) is 1. The van der Waals surface area contributed by atoms with E-state index in [2.05, 4.69) is 10.4 Å². The first-order chi connectivity index (χ1) is 7.40. The summed E-state index contributed by atoms with van der Waals surface area (Å²) in [6.45, 7) is 3.89. The van der Waals surface area contributed by atoms with E-state index in [4.69, 9.17) is 10.5 Å². The first kappa shape index (κ1) is 11.3. The van der Waals surface area contributed by atoms with Crippen LogP contribution in [0.1, 0.15) is 32.1 Å². The molecule has 2 saturated heterocycles. The monoisotopic (exact) mass is 213 g/mol. The number of hydrazine groups is 1. The lowest BCUT2D eigenvalue weighted by atomic mass is 10.1. The summed E-state index contributed by atoms with van der Waals surface area (Å²) >= 11 is 0. The highest BCUT2D eigenvalue weighted by Crippen LogP contribution is 2.16. The molecule has 2 aliphatic rings. The molecule has 15 heavy (non-hydrogen) atoms. The second-order valence-corrected chi connectivity index (χ2v) is 4.57. The van der Waals surface area contributed by atoms with Crippen molar-refractivity contribution in [1.29, 1.82) is 0 Å². The number of hydrogen-bond acceptors (Lipinski definition) is 4. The highest BCUT2D eigenvalue weighted by Gasteiger charge is 2.26. The van der Waals surface area contributed by atoms with Crippen LogP contribution in [0.4, 0.5) is 0 Å². The number of nitrogens with zero attached hydrogens (tertiary/aromatic N) is 1. The molecule has 88 valence electrons. The molecule has 2 aliphatic heterocycles. The molecule has 4 nitrogen and oxygen atoms in total. The maximum atomic E-state index is 5.80. The molecule has 2 unspecified atom stereocenters. The van der Waals surface area contributed by atoms with E-state index in [9.17, 15) is 0 Å². The number of nitrogens with two attached hydrogens (primary N) is 1. The van der Waals surface area contributed by atoms with Gasteiger partial charge in [-0.2, -0.15) is 0 Å². The van der Waals surface area contributed by atoms with E-state index in [-0.39, 0.29) is 0 Å². The van der Waals surface area contributed by atoms with Crippen molar-refractivity contribution in [2.24, 2.45) is 5.73 Å². The minimum Gasteiger partial charge on any atom is -0.376 e. The van der Waals surface area contributed by atoms with Gasteiger partial charge < -0.3 is 10.5 Å². The zero-order valence-corrected chi connectivity index (χ0v) is 9.45. The van der Waals surface area contributed by atoms with Crippen molar-refractivity contribution < 1.29 is 4.74 Å². The van der Waals surface area contributed by atoms with Crippen molar-refractivity contribution in [3.63, 3.8) is 0 Å². The third-order valence-corrected chi connectivity index (χ3v) is 3.37. The third-order valence-electron chi connectivity index (χ3n) is 3.37. The van der Waals surface area contributed by atoms with Crippen LogP contribution >= 0.6 is 0 Å². The summed E-state index contributed by atoms with van der Waals surface area (Å²) in [6, 6.07) is 0.311. The Kier molecular flexibility index (Phi) is 4.38. The Morgan fingerprint density at radius 3 is 2.67 bits per heavy atom. The van der Waals surface area contributed by atoms with E-state index in [1.165, 1.54) is 25.7 Å². The van der Waals surface area contributed by atoms with E-state index < -0.39 is 0 Å². The van der Waals surface area contributed by atoms with Crippen molar-refractivity contribution in [3.8, 4) is 0 Å². The average Bonchev–Trinajstić information content (AvgIpc) is 2.81. The van der Waals surface area contributed by atoms with Crippen LogP contribution in [0.5, 0.6) is 0 Å². The maximum absolute atomic E-state index is 5.80. The molecule has 2 heterocycles. The molecule has 0 aromatic heterocycles.